The van der Waals surface area contributed by atoms with Gasteiger partial charge in [0.1, 0.15) is 5.41 Å². The van der Waals surface area contributed by atoms with Gasteiger partial charge in [0, 0.05) is 42.5 Å². The lowest BCUT2D eigenvalue weighted by Gasteiger charge is -2.34. The Morgan fingerprint density at radius 1 is 1.40 bits per heavy atom. The van der Waals surface area contributed by atoms with E-state index in [0.717, 1.165) is 41.3 Å². The second-order valence-corrected chi connectivity index (χ2v) is 7.13. The van der Waals surface area contributed by atoms with E-state index in [0.29, 0.717) is 19.4 Å². The van der Waals surface area contributed by atoms with Crippen LogP contribution in [0.1, 0.15) is 31.7 Å². The molecule has 1 aliphatic heterocycles. The summed E-state index contributed by atoms with van der Waals surface area (Å²) in [5, 5.41) is 14.7. The summed E-state index contributed by atoms with van der Waals surface area (Å²) in [5.74, 6) is 0.0120. The number of aromatic amines is 1. The zero-order valence-electron chi connectivity index (χ0n) is 13.8. The molecule has 1 unspecified atom stereocenters. The van der Waals surface area contributed by atoms with Gasteiger partial charge in [-0.3, -0.25) is 9.48 Å². The molecule has 126 valence electrons. The molecule has 25 heavy (non-hydrogen) atoms. The van der Waals surface area contributed by atoms with Gasteiger partial charge in [0.05, 0.1) is 17.6 Å². The van der Waals surface area contributed by atoms with E-state index in [1.165, 1.54) is 0 Å². The van der Waals surface area contributed by atoms with Crippen molar-refractivity contribution in [3.05, 3.63) is 24.7 Å². The Morgan fingerprint density at radius 3 is 3.08 bits per heavy atom. The second kappa shape index (κ2) is 5.06. The standard InChI is InChI=1S/C18H18N6O/c19-11-18(4-5-18)17(25)23-7-1-2-13(10-23)24-15-12(9-22-24)8-21-16-14(15)3-6-20-16/h3,6,8-9,13,22H,1-2,4-5,7,10H2. The summed E-state index contributed by atoms with van der Waals surface area (Å²) < 4.78 is 2.15. The Hall–Kier alpha value is -2.88. The third kappa shape index (κ3) is 2.07. The van der Waals surface area contributed by atoms with Crippen LogP contribution in [-0.4, -0.2) is 43.6 Å². The maximum Gasteiger partial charge on any atom is 0.243 e. The second-order valence-electron chi connectivity index (χ2n) is 7.13. The number of H-pyrrole nitrogens is 1. The summed E-state index contributed by atoms with van der Waals surface area (Å²) in [6, 6.07) is 4.38. The molecule has 2 fully saturated rings. The van der Waals surface area contributed by atoms with Crippen molar-refractivity contribution in [1.29, 1.82) is 5.26 Å². The highest BCUT2D eigenvalue weighted by atomic mass is 16.2. The van der Waals surface area contributed by atoms with Gasteiger partial charge in [0.25, 0.3) is 0 Å². The number of nitriles is 1. The summed E-state index contributed by atoms with van der Waals surface area (Å²) in [6.45, 7) is 1.38. The van der Waals surface area contributed by atoms with Crippen molar-refractivity contribution >= 4 is 27.8 Å². The number of amides is 1. The number of nitrogens with zero attached hydrogens (tertiary/aromatic N) is 5. The molecule has 1 atom stereocenters. The zero-order chi connectivity index (χ0) is 17.0. The number of carbonyl (C=O) groups excluding carboxylic acids is 1. The quantitative estimate of drug-likeness (QED) is 0.779. The van der Waals surface area contributed by atoms with Gasteiger partial charge in [-0.05, 0) is 31.7 Å². The molecule has 0 aromatic carbocycles. The summed E-state index contributed by atoms with van der Waals surface area (Å²) >= 11 is 0. The van der Waals surface area contributed by atoms with E-state index >= 15 is 0 Å². The first-order valence-corrected chi connectivity index (χ1v) is 8.71. The number of hydrogen-bond acceptors (Lipinski definition) is 4. The molecule has 5 rings (SSSR count). The smallest absolute Gasteiger partial charge is 0.243 e. The molecule has 4 heterocycles. The number of aromatic nitrogens is 4. The van der Waals surface area contributed by atoms with Crippen molar-refractivity contribution in [2.75, 3.05) is 13.1 Å². The predicted octanol–water partition coefficient (Wildman–Crippen LogP) is 2.38. The summed E-state index contributed by atoms with van der Waals surface area (Å²) in [5.41, 5.74) is 1.09. The SMILES string of the molecule is N#CC1(C(=O)N2CCCC(n3[nH]cc4cnc5nccc5c43)C2)CC1. The Balaban J connectivity index is 1.51. The summed E-state index contributed by atoms with van der Waals surface area (Å²) in [4.78, 5) is 23.3. The molecule has 2 aliphatic rings. The number of carbonyl (C=O) groups is 1. The van der Waals surface area contributed by atoms with Crippen LogP contribution in [0.2, 0.25) is 0 Å². The molecule has 3 aromatic heterocycles. The maximum absolute atomic E-state index is 12.7. The molecule has 0 bridgehead atoms. The summed E-state index contributed by atoms with van der Waals surface area (Å²) in [6.07, 6.45) is 8.90. The fourth-order valence-corrected chi connectivity index (χ4v) is 3.98. The van der Waals surface area contributed by atoms with E-state index in [4.69, 9.17) is 0 Å². The minimum absolute atomic E-state index is 0.0120. The van der Waals surface area contributed by atoms with Gasteiger partial charge in [0.2, 0.25) is 5.91 Å². The lowest BCUT2D eigenvalue weighted by Crippen LogP contribution is -2.44. The highest BCUT2D eigenvalue weighted by molar-refractivity contribution is 6.02. The van der Waals surface area contributed by atoms with E-state index < -0.39 is 5.41 Å². The van der Waals surface area contributed by atoms with Crippen molar-refractivity contribution < 1.29 is 4.79 Å². The van der Waals surface area contributed by atoms with Crippen molar-refractivity contribution in [2.24, 2.45) is 5.41 Å². The molecule has 1 saturated carbocycles. The number of likely N-dealkylation sites (tertiary alicyclic amines) is 1. The van der Waals surface area contributed by atoms with Crippen LogP contribution in [0.25, 0.3) is 21.9 Å². The first-order valence-electron chi connectivity index (χ1n) is 8.71. The van der Waals surface area contributed by atoms with Gasteiger partial charge in [-0.25, -0.2) is 9.97 Å². The van der Waals surface area contributed by atoms with E-state index in [1.54, 1.807) is 6.20 Å². The number of pyridine rings is 1. The van der Waals surface area contributed by atoms with Crippen LogP contribution in [-0.2, 0) is 4.79 Å². The minimum Gasteiger partial charge on any atom is -0.339 e. The molecule has 7 heteroatoms. The van der Waals surface area contributed by atoms with Crippen LogP contribution in [0.4, 0.5) is 0 Å². The Bertz CT molecular complexity index is 1020. The fourth-order valence-electron chi connectivity index (χ4n) is 3.98. The normalized spacial score (nSPS) is 22.2. The molecule has 7 nitrogen and oxygen atoms in total. The first-order chi connectivity index (χ1) is 12.2. The van der Waals surface area contributed by atoms with Crippen molar-refractivity contribution in [3.8, 4) is 6.07 Å². The average Bonchev–Trinajstić information content (AvgIpc) is 3.10. The highest BCUT2D eigenvalue weighted by Crippen LogP contribution is 2.47. The molecular formula is C18H18N6O. The van der Waals surface area contributed by atoms with Crippen LogP contribution < -0.4 is 0 Å². The molecule has 3 aromatic rings. The molecule has 1 aliphatic carbocycles. The van der Waals surface area contributed by atoms with Gasteiger partial charge < -0.3 is 10.00 Å². The largest absolute Gasteiger partial charge is 0.339 e. The lowest BCUT2D eigenvalue weighted by atomic mass is 10.0. The first kappa shape index (κ1) is 14.5. The van der Waals surface area contributed by atoms with Crippen LogP contribution in [0.5, 0.6) is 0 Å². The van der Waals surface area contributed by atoms with E-state index in [-0.39, 0.29) is 11.9 Å². The topological polar surface area (TPSA) is 90.6 Å². The molecule has 1 N–H and O–H groups in total. The highest BCUT2D eigenvalue weighted by Gasteiger charge is 2.53. The molecule has 0 spiro atoms. The third-order valence-corrected chi connectivity index (χ3v) is 5.56. The van der Waals surface area contributed by atoms with Gasteiger partial charge >= 0.3 is 0 Å². The predicted molar refractivity (Wildman–Crippen MR) is 91.5 cm³/mol. The third-order valence-electron chi connectivity index (χ3n) is 5.56. The zero-order valence-corrected chi connectivity index (χ0v) is 13.8. The molecule has 1 saturated heterocycles. The average molecular weight is 334 g/mol. The van der Waals surface area contributed by atoms with Gasteiger partial charge in [-0.15, -0.1) is 0 Å². The van der Waals surface area contributed by atoms with E-state index in [1.807, 2.05) is 23.4 Å². The fraction of sp³-hybridized carbons (Fsp3) is 0.444. The number of piperidine rings is 1. The van der Waals surface area contributed by atoms with Gasteiger partial charge in [-0.2, -0.15) is 5.26 Å². The monoisotopic (exact) mass is 334 g/mol. The Morgan fingerprint density at radius 2 is 2.28 bits per heavy atom. The van der Waals surface area contributed by atoms with E-state index in [2.05, 4.69) is 25.8 Å². The summed E-state index contributed by atoms with van der Waals surface area (Å²) in [7, 11) is 0. The van der Waals surface area contributed by atoms with Crippen LogP contribution in [0, 0.1) is 16.7 Å². The number of rotatable bonds is 2. The van der Waals surface area contributed by atoms with E-state index in [9.17, 15) is 10.1 Å². The molecular weight excluding hydrogens is 316 g/mol. The molecule has 1 amide bonds. The number of hydrogen-bond donors (Lipinski definition) is 1. The Kier molecular flexibility index (Phi) is 2.93. The number of fused-ring (bicyclic) bond motifs is 3. The van der Waals surface area contributed by atoms with Crippen molar-refractivity contribution in [2.45, 2.75) is 31.7 Å². The van der Waals surface area contributed by atoms with Crippen LogP contribution in [0.15, 0.2) is 24.7 Å². The van der Waals surface area contributed by atoms with Crippen molar-refractivity contribution in [1.82, 2.24) is 24.6 Å². The maximum atomic E-state index is 12.7. The number of nitrogens with one attached hydrogen (secondary N) is 1. The Labute approximate surface area is 144 Å². The lowest BCUT2D eigenvalue weighted by molar-refractivity contribution is -0.136. The van der Waals surface area contributed by atoms with Crippen molar-refractivity contribution in [3.63, 3.8) is 0 Å². The van der Waals surface area contributed by atoms with Gasteiger partial charge in [-0.1, -0.05) is 0 Å². The molecule has 0 radical (unpaired) electrons. The van der Waals surface area contributed by atoms with Gasteiger partial charge in [0.15, 0.2) is 5.65 Å². The van der Waals surface area contributed by atoms with Crippen LogP contribution >= 0.6 is 0 Å². The minimum atomic E-state index is -0.739. The van der Waals surface area contributed by atoms with Crippen LogP contribution in [0.3, 0.4) is 0 Å².